The Kier molecular flexibility index (Phi) is 7.47. The number of halogens is 1. The molecule has 2 amide bonds. The fraction of sp³-hybridized carbons (Fsp3) is 0.263. The van der Waals surface area contributed by atoms with Gasteiger partial charge in [0.05, 0.1) is 17.6 Å². The first-order valence-corrected chi connectivity index (χ1v) is 9.23. The number of nitrogens with one attached hydrogen (secondary N) is 2. The van der Waals surface area contributed by atoms with Gasteiger partial charge in [0.1, 0.15) is 11.6 Å². The van der Waals surface area contributed by atoms with Crippen molar-refractivity contribution in [2.45, 2.75) is 19.1 Å². The lowest BCUT2D eigenvalue weighted by molar-refractivity contribution is -0.115. The molecule has 0 aliphatic carbocycles. The van der Waals surface area contributed by atoms with Crippen LogP contribution in [0.15, 0.2) is 48.5 Å². The smallest absolute Gasteiger partial charge is 0.237 e. The van der Waals surface area contributed by atoms with E-state index in [0.29, 0.717) is 18.0 Å². The summed E-state index contributed by atoms with van der Waals surface area (Å²) >= 11 is 1.22. The van der Waals surface area contributed by atoms with Crippen molar-refractivity contribution in [3.8, 4) is 5.75 Å². The average molecular weight is 376 g/mol. The van der Waals surface area contributed by atoms with E-state index >= 15 is 0 Å². The number of ether oxygens (including phenoxy) is 1. The molecule has 0 aliphatic rings. The molecule has 2 aromatic rings. The van der Waals surface area contributed by atoms with E-state index in [1.54, 1.807) is 31.2 Å². The van der Waals surface area contributed by atoms with Crippen molar-refractivity contribution in [1.29, 1.82) is 0 Å². The minimum absolute atomic E-state index is 0.120. The Hall–Kier alpha value is -2.54. The van der Waals surface area contributed by atoms with Crippen molar-refractivity contribution < 1.29 is 18.7 Å². The normalized spacial score (nSPS) is 11.5. The molecule has 0 aliphatic heterocycles. The molecule has 1 atom stereocenters. The molecule has 0 bridgehead atoms. The number of carbonyl (C=O) groups excluding carboxylic acids is 2. The van der Waals surface area contributed by atoms with Gasteiger partial charge >= 0.3 is 0 Å². The molecule has 0 radical (unpaired) electrons. The van der Waals surface area contributed by atoms with Crippen LogP contribution >= 0.6 is 11.8 Å². The van der Waals surface area contributed by atoms with Crippen LogP contribution in [0, 0.1) is 5.82 Å². The molecule has 0 heterocycles. The van der Waals surface area contributed by atoms with Crippen molar-refractivity contribution in [3.63, 3.8) is 0 Å². The topological polar surface area (TPSA) is 67.4 Å². The zero-order valence-corrected chi connectivity index (χ0v) is 15.4. The highest BCUT2D eigenvalue weighted by Gasteiger charge is 2.15. The first-order chi connectivity index (χ1) is 12.5. The summed E-state index contributed by atoms with van der Waals surface area (Å²) in [5.41, 5.74) is 1.19. The van der Waals surface area contributed by atoms with E-state index in [9.17, 15) is 14.0 Å². The monoisotopic (exact) mass is 376 g/mol. The number of hydrogen-bond donors (Lipinski definition) is 2. The van der Waals surface area contributed by atoms with Crippen LogP contribution in [0.5, 0.6) is 5.75 Å². The van der Waals surface area contributed by atoms with Crippen molar-refractivity contribution >= 4 is 35.0 Å². The van der Waals surface area contributed by atoms with Gasteiger partial charge in [0.15, 0.2) is 0 Å². The minimum Gasteiger partial charge on any atom is -0.494 e. The van der Waals surface area contributed by atoms with Crippen LogP contribution in [0.1, 0.15) is 13.8 Å². The van der Waals surface area contributed by atoms with Crippen molar-refractivity contribution in [1.82, 2.24) is 0 Å². The van der Waals surface area contributed by atoms with Crippen LogP contribution in [-0.4, -0.2) is 29.4 Å². The second-order valence-electron chi connectivity index (χ2n) is 5.45. The van der Waals surface area contributed by atoms with E-state index in [-0.39, 0.29) is 23.4 Å². The van der Waals surface area contributed by atoms with E-state index in [4.69, 9.17) is 4.74 Å². The molecule has 138 valence electrons. The van der Waals surface area contributed by atoms with Crippen LogP contribution in [0.3, 0.4) is 0 Å². The van der Waals surface area contributed by atoms with Crippen LogP contribution in [0.4, 0.5) is 15.8 Å². The molecule has 26 heavy (non-hydrogen) atoms. The molecule has 0 saturated heterocycles. The van der Waals surface area contributed by atoms with Gasteiger partial charge in [-0.2, -0.15) is 0 Å². The number of benzene rings is 2. The maximum Gasteiger partial charge on any atom is 0.237 e. The van der Waals surface area contributed by atoms with Crippen molar-refractivity contribution in [2.75, 3.05) is 23.0 Å². The molecule has 2 N–H and O–H groups in total. The molecule has 0 unspecified atom stereocenters. The third kappa shape index (κ3) is 6.40. The first-order valence-electron chi connectivity index (χ1n) is 8.18. The fourth-order valence-corrected chi connectivity index (χ4v) is 2.74. The third-order valence-electron chi connectivity index (χ3n) is 3.39. The molecule has 5 nitrogen and oxygen atoms in total. The largest absolute Gasteiger partial charge is 0.494 e. The van der Waals surface area contributed by atoms with E-state index in [1.165, 1.54) is 36.0 Å². The van der Waals surface area contributed by atoms with Gasteiger partial charge in [-0.05, 0) is 62.4 Å². The Labute approximate surface area is 156 Å². The highest BCUT2D eigenvalue weighted by molar-refractivity contribution is 8.01. The van der Waals surface area contributed by atoms with Crippen LogP contribution in [0.2, 0.25) is 0 Å². The molecular weight excluding hydrogens is 355 g/mol. The predicted molar refractivity (Wildman–Crippen MR) is 103 cm³/mol. The van der Waals surface area contributed by atoms with E-state index in [0.717, 1.165) is 5.75 Å². The van der Waals surface area contributed by atoms with Crippen LogP contribution in [0.25, 0.3) is 0 Å². The second kappa shape index (κ2) is 9.82. The number of hydrogen-bond acceptors (Lipinski definition) is 4. The average Bonchev–Trinajstić information content (AvgIpc) is 2.63. The van der Waals surface area contributed by atoms with Gasteiger partial charge in [0.2, 0.25) is 11.8 Å². The first kappa shape index (κ1) is 19.8. The summed E-state index contributed by atoms with van der Waals surface area (Å²) in [6, 6.07) is 12.6. The number of carbonyl (C=O) groups is 2. The Morgan fingerprint density at radius 2 is 1.62 bits per heavy atom. The molecule has 2 aromatic carbocycles. The summed E-state index contributed by atoms with van der Waals surface area (Å²) in [5, 5.41) is 5.06. The molecule has 0 aromatic heterocycles. The third-order valence-corrected chi connectivity index (χ3v) is 4.54. The Bertz CT molecular complexity index is 735. The van der Waals surface area contributed by atoms with Gasteiger partial charge in [-0.15, -0.1) is 11.8 Å². The van der Waals surface area contributed by atoms with Crippen LogP contribution < -0.4 is 15.4 Å². The lowest BCUT2D eigenvalue weighted by atomic mass is 10.3. The molecule has 0 spiro atoms. The lowest BCUT2D eigenvalue weighted by Gasteiger charge is -2.12. The number of amides is 2. The minimum atomic E-state index is -0.402. The van der Waals surface area contributed by atoms with Gasteiger partial charge < -0.3 is 15.4 Å². The molecule has 0 fully saturated rings. The number of thioether (sulfide) groups is 1. The van der Waals surface area contributed by atoms with E-state index < -0.39 is 5.25 Å². The van der Waals surface area contributed by atoms with Gasteiger partial charge in [-0.25, -0.2) is 4.39 Å². The van der Waals surface area contributed by atoms with Crippen molar-refractivity contribution in [3.05, 3.63) is 54.3 Å². The summed E-state index contributed by atoms with van der Waals surface area (Å²) in [5.74, 6) is 0.0633. The summed E-state index contributed by atoms with van der Waals surface area (Å²) in [6.45, 7) is 4.22. The maximum atomic E-state index is 12.8. The predicted octanol–water partition coefficient (Wildman–Crippen LogP) is 3.92. The molecular formula is C19H21FN2O3S. The Morgan fingerprint density at radius 1 is 1.04 bits per heavy atom. The zero-order valence-electron chi connectivity index (χ0n) is 14.6. The Balaban J connectivity index is 1.77. The highest BCUT2D eigenvalue weighted by atomic mass is 32.2. The summed E-state index contributed by atoms with van der Waals surface area (Å²) < 4.78 is 18.2. The zero-order chi connectivity index (χ0) is 18.9. The van der Waals surface area contributed by atoms with Gasteiger partial charge in [-0.1, -0.05) is 0 Å². The van der Waals surface area contributed by atoms with Gasteiger partial charge in [0, 0.05) is 11.4 Å². The lowest BCUT2D eigenvalue weighted by Crippen LogP contribution is -2.25. The van der Waals surface area contributed by atoms with E-state index in [2.05, 4.69) is 10.6 Å². The number of anilines is 2. The second-order valence-corrected chi connectivity index (χ2v) is 6.78. The summed E-state index contributed by atoms with van der Waals surface area (Å²) in [4.78, 5) is 24.1. The fourth-order valence-electron chi connectivity index (χ4n) is 2.05. The van der Waals surface area contributed by atoms with Gasteiger partial charge in [-0.3, -0.25) is 9.59 Å². The maximum absolute atomic E-state index is 12.8. The van der Waals surface area contributed by atoms with Crippen LogP contribution in [-0.2, 0) is 9.59 Å². The quantitative estimate of drug-likeness (QED) is 0.733. The highest BCUT2D eigenvalue weighted by Crippen LogP contribution is 2.18. The van der Waals surface area contributed by atoms with Gasteiger partial charge in [0.25, 0.3) is 0 Å². The summed E-state index contributed by atoms with van der Waals surface area (Å²) in [6.07, 6.45) is 0. The SMILES string of the molecule is CCOc1ccc(NC(=O)[C@@H](C)SCC(=O)Nc2ccc(F)cc2)cc1. The molecule has 2 rings (SSSR count). The molecule has 0 saturated carbocycles. The Morgan fingerprint density at radius 3 is 2.23 bits per heavy atom. The number of rotatable bonds is 8. The molecule has 7 heteroatoms. The van der Waals surface area contributed by atoms with Crippen molar-refractivity contribution in [2.24, 2.45) is 0 Å². The van der Waals surface area contributed by atoms with E-state index in [1.807, 2.05) is 6.92 Å². The standard InChI is InChI=1S/C19H21FN2O3S/c1-3-25-17-10-8-16(9-11-17)22-19(24)13(2)26-12-18(23)21-15-6-4-14(20)5-7-15/h4-11,13H,3,12H2,1-2H3,(H,21,23)(H,22,24)/t13-/m1/s1. The summed E-state index contributed by atoms with van der Waals surface area (Å²) in [7, 11) is 0.